The number of hydrogen-bond acceptors (Lipinski definition) is 5. The number of likely N-dealkylation sites (tertiary alicyclic amines) is 1. The first-order chi connectivity index (χ1) is 13.3. The van der Waals surface area contributed by atoms with Crippen LogP contribution in [0.1, 0.15) is 30.0 Å². The fourth-order valence-electron chi connectivity index (χ4n) is 3.50. The number of halogens is 1. The number of nitrogens with zero attached hydrogens (tertiary/aromatic N) is 4. The van der Waals surface area contributed by atoms with Crippen LogP contribution in [0.25, 0.3) is 0 Å². The maximum atomic E-state index is 13.1. The third kappa shape index (κ3) is 4.65. The Morgan fingerprint density at radius 1 is 1.04 bits per heavy atom. The first-order valence-corrected chi connectivity index (χ1v) is 9.24. The summed E-state index contributed by atoms with van der Waals surface area (Å²) in [6.07, 6.45) is 5.77. The Morgan fingerprint density at radius 3 is 2.74 bits per heavy atom. The van der Waals surface area contributed by atoms with Gasteiger partial charge in [0, 0.05) is 31.4 Å². The van der Waals surface area contributed by atoms with Crippen LogP contribution in [0.5, 0.6) is 0 Å². The maximum absolute atomic E-state index is 13.1. The van der Waals surface area contributed by atoms with Gasteiger partial charge in [-0.1, -0.05) is 18.2 Å². The summed E-state index contributed by atoms with van der Waals surface area (Å²) in [6, 6.07) is 14.5. The lowest BCUT2D eigenvalue weighted by atomic mass is 9.94. The van der Waals surface area contributed by atoms with Gasteiger partial charge in [-0.15, -0.1) is 0 Å². The fourth-order valence-corrected chi connectivity index (χ4v) is 3.50. The second-order valence-corrected chi connectivity index (χ2v) is 6.85. The van der Waals surface area contributed by atoms with Crippen molar-refractivity contribution >= 4 is 11.8 Å². The summed E-state index contributed by atoms with van der Waals surface area (Å²) in [5.74, 6) is 1.48. The number of piperidine rings is 1. The van der Waals surface area contributed by atoms with E-state index in [0.717, 1.165) is 49.6 Å². The molecule has 1 saturated heterocycles. The predicted molar refractivity (Wildman–Crippen MR) is 103 cm³/mol. The molecule has 4 rings (SSSR count). The van der Waals surface area contributed by atoms with Crippen LogP contribution in [-0.2, 0) is 6.54 Å². The van der Waals surface area contributed by atoms with Gasteiger partial charge in [0.25, 0.3) is 0 Å². The van der Waals surface area contributed by atoms with E-state index in [1.165, 1.54) is 12.1 Å². The average molecular weight is 363 g/mol. The largest absolute Gasteiger partial charge is 0.309 e. The molecule has 1 fully saturated rings. The number of pyridine rings is 1. The zero-order valence-electron chi connectivity index (χ0n) is 15.1. The van der Waals surface area contributed by atoms with Gasteiger partial charge in [0.05, 0.1) is 5.69 Å². The third-order valence-corrected chi connectivity index (χ3v) is 4.83. The van der Waals surface area contributed by atoms with Crippen molar-refractivity contribution in [2.45, 2.75) is 25.3 Å². The Morgan fingerprint density at radius 2 is 1.93 bits per heavy atom. The SMILES string of the molecule is Fc1ccc(CN2CCCC(c3ccnc(Nc4ccccn4)n3)C2)cc1. The number of nitrogens with one attached hydrogen (secondary N) is 1. The lowest BCUT2D eigenvalue weighted by Crippen LogP contribution is -2.34. The molecule has 3 aromatic rings. The maximum Gasteiger partial charge on any atom is 0.228 e. The summed E-state index contributed by atoms with van der Waals surface area (Å²) in [5.41, 5.74) is 2.18. The van der Waals surface area contributed by atoms with Crippen LogP contribution in [0.15, 0.2) is 60.9 Å². The quantitative estimate of drug-likeness (QED) is 0.738. The average Bonchev–Trinajstić information content (AvgIpc) is 2.71. The Hall–Kier alpha value is -2.86. The first kappa shape index (κ1) is 17.5. The molecular weight excluding hydrogens is 341 g/mol. The van der Waals surface area contributed by atoms with E-state index in [0.29, 0.717) is 11.9 Å². The third-order valence-electron chi connectivity index (χ3n) is 4.83. The van der Waals surface area contributed by atoms with E-state index < -0.39 is 0 Å². The Balaban J connectivity index is 1.43. The van der Waals surface area contributed by atoms with E-state index in [1.54, 1.807) is 12.4 Å². The molecule has 138 valence electrons. The van der Waals surface area contributed by atoms with Crippen LogP contribution in [0.2, 0.25) is 0 Å². The highest BCUT2D eigenvalue weighted by atomic mass is 19.1. The van der Waals surface area contributed by atoms with E-state index in [-0.39, 0.29) is 5.82 Å². The fraction of sp³-hybridized carbons (Fsp3) is 0.286. The summed E-state index contributed by atoms with van der Waals surface area (Å²) in [5, 5.41) is 3.16. The lowest BCUT2D eigenvalue weighted by Gasteiger charge is -2.32. The zero-order chi connectivity index (χ0) is 18.5. The van der Waals surface area contributed by atoms with Crippen molar-refractivity contribution in [3.63, 3.8) is 0 Å². The van der Waals surface area contributed by atoms with Gasteiger partial charge in [-0.3, -0.25) is 4.90 Å². The lowest BCUT2D eigenvalue weighted by molar-refractivity contribution is 0.198. The van der Waals surface area contributed by atoms with Crippen molar-refractivity contribution in [1.82, 2.24) is 19.9 Å². The van der Waals surface area contributed by atoms with Crippen molar-refractivity contribution in [3.8, 4) is 0 Å². The highest BCUT2D eigenvalue weighted by molar-refractivity contribution is 5.46. The normalized spacial score (nSPS) is 17.6. The summed E-state index contributed by atoms with van der Waals surface area (Å²) in [4.78, 5) is 15.7. The summed E-state index contributed by atoms with van der Waals surface area (Å²) >= 11 is 0. The standard InChI is InChI=1S/C21H22FN5/c22-18-8-6-16(7-9-18)14-27-13-3-4-17(15-27)19-10-12-24-21(25-19)26-20-5-1-2-11-23-20/h1-2,5-12,17H,3-4,13-15H2,(H,23,24,25,26). The molecule has 1 aromatic carbocycles. The van der Waals surface area contributed by atoms with Crippen LogP contribution in [0, 0.1) is 5.82 Å². The predicted octanol–water partition coefficient (Wildman–Crippen LogP) is 4.13. The van der Waals surface area contributed by atoms with Crippen molar-refractivity contribution in [1.29, 1.82) is 0 Å². The topological polar surface area (TPSA) is 53.9 Å². The molecule has 1 N–H and O–H groups in total. The monoisotopic (exact) mass is 363 g/mol. The molecule has 27 heavy (non-hydrogen) atoms. The highest BCUT2D eigenvalue weighted by Gasteiger charge is 2.23. The minimum Gasteiger partial charge on any atom is -0.309 e. The van der Waals surface area contributed by atoms with E-state index in [1.807, 2.05) is 36.4 Å². The molecule has 0 bridgehead atoms. The minimum absolute atomic E-state index is 0.191. The van der Waals surface area contributed by atoms with Gasteiger partial charge in [0.1, 0.15) is 11.6 Å². The zero-order valence-corrected chi connectivity index (χ0v) is 15.1. The molecular formula is C21H22FN5. The van der Waals surface area contributed by atoms with E-state index in [9.17, 15) is 4.39 Å². The number of aromatic nitrogens is 3. The summed E-state index contributed by atoms with van der Waals surface area (Å²) in [6.45, 7) is 2.83. The number of anilines is 2. The molecule has 3 heterocycles. The molecule has 0 saturated carbocycles. The molecule has 0 amide bonds. The molecule has 0 aliphatic carbocycles. The van der Waals surface area contributed by atoms with Crippen LogP contribution in [0.4, 0.5) is 16.2 Å². The van der Waals surface area contributed by atoms with E-state index in [2.05, 4.69) is 20.2 Å². The van der Waals surface area contributed by atoms with Gasteiger partial charge < -0.3 is 5.32 Å². The van der Waals surface area contributed by atoms with Gasteiger partial charge in [-0.2, -0.15) is 0 Å². The van der Waals surface area contributed by atoms with Crippen LogP contribution in [0.3, 0.4) is 0 Å². The minimum atomic E-state index is -0.191. The number of rotatable bonds is 5. The van der Waals surface area contributed by atoms with Crippen LogP contribution in [-0.4, -0.2) is 32.9 Å². The smallest absolute Gasteiger partial charge is 0.228 e. The van der Waals surface area contributed by atoms with Gasteiger partial charge in [-0.05, 0) is 55.3 Å². The van der Waals surface area contributed by atoms with Crippen LogP contribution < -0.4 is 5.32 Å². The van der Waals surface area contributed by atoms with Crippen molar-refractivity contribution in [3.05, 3.63) is 78.0 Å². The Labute approximate surface area is 158 Å². The molecule has 0 spiro atoms. The van der Waals surface area contributed by atoms with Crippen molar-refractivity contribution < 1.29 is 4.39 Å². The Kier molecular flexibility index (Phi) is 5.34. The molecule has 2 aromatic heterocycles. The van der Waals surface area contributed by atoms with Crippen LogP contribution >= 0.6 is 0 Å². The molecule has 1 aliphatic heterocycles. The highest BCUT2D eigenvalue weighted by Crippen LogP contribution is 2.27. The molecule has 0 radical (unpaired) electrons. The van der Waals surface area contributed by atoms with E-state index >= 15 is 0 Å². The second-order valence-electron chi connectivity index (χ2n) is 6.85. The number of hydrogen-bond donors (Lipinski definition) is 1. The molecule has 5 nitrogen and oxygen atoms in total. The number of benzene rings is 1. The van der Waals surface area contributed by atoms with Gasteiger partial charge in [0.2, 0.25) is 5.95 Å². The van der Waals surface area contributed by atoms with Crippen molar-refractivity contribution in [2.24, 2.45) is 0 Å². The summed E-state index contributed by atoms with van der Waals surface area (Å²) in [7, 11) is 0. The molecule has 1 atom stereocenters. The van der Waals surface area contributed by atoms with Gasteiger partial charge in [-0.25, -0.2) is 19.3 Å². The van der Waals surface area contributed by atoms with Crippen molar-refractivity contribution in [2.75, 3.05) is 18.4 Å². The van der Waals surface area contributed by atoms with Gasteiger partial charge in [0.15, 0.2) is 0 Å². The Bertz CT molecular complexity index is 869. The first-order valence-electron chi connectivity index (χ1n) is 9.24. The molecule has 1 aliphatic rings. The molecule has 6 heteroatoms. The summed E-state index contributed by atoms with van der Waals surface area (Å²) < 4.78 is 13.1. The van der Waals surface area contributed by atoms with E-state index in [4.69, 9.17) is 4.98 Å². The molecule has 1 unspecified atom stereocenters. The second kappa shape index (κ2) is 8.22. The van der Waals surface area contributed by atoms with Gasteiger partial charge >= 0.3 is 0 Å².